The predicted octanol–water partition coefficient (Wildman–Crippen LogP) is 2.42. The van der Waals surface area contributed by atoms with E-state index in [-0.39, 0.29) is 5.91 Å². The van der Waals surface area contributed by atoms with E-state index in [1.54, 1.807) is 25.1 Å². The second-order valence-corrected chi connectivity index (χ2v) is 4.32. The van der Waals surface area contributed by atoms with Crippen molar-refractivity contribution in [3.63, 3.8) is 0 Å². The van der Waals surface area contributed by atoms with Gasteiger partial charge in [-0.15, -0.1) is 0 Å². The van der Waals surface area contributed by atoms with Gasteiger partial charge in [-0.1, -0.05) is 13.3 Å². The Morgan fingerprint density at radius 3 is 2.84 bits per heavy atom. The zero-order valence-electron chi connectivity index (χ0n) is 11.7. The van der Waals surface area contributed by atoms with Gasteiger partial charge in [0.2, 0.25) is 0 Å². The molecule has 0 spiro atoms. The van der Waals surface area contributed by atoms with Gasteiger partial charge in [-0.25, -0.2) is 0 Å². The summed E-state index contributed by atoms with van der Waals surface area (Å²) < 4.78 is 10.6. The third kappa shape index (κ3) is 4.79. The van der Waals surface area contributed by atoms with E-state index in [9.17, 15) is 4.79 Å². The third-order valence-corrected chi connectivity index (χ3v) is 2.72. The molecule has 3 N–H and O–H groups in total. The van der Waals surface area contributed by atoms with Crippen LogP contribution in [0.1, 0.15) is 26.7 Å². The molecule has 0 aliphatic carbocycles. The molecule has 0 aromatic heterocycles. The normalized spacial score (nSPS) is 11.9. The molecule has 1 unspecified atom stereocenters. The Hall–Kier alpha value is -1.75. The first-order valence-electron chi connectivity index (χ1n) is 6.44. The van der Waals surface area contributed by atoms with Crippen molar-refractivity contribution >= 4 is 17.3 Å². The first-order valence-corrected chi connectivity index (χ1v) is 6.44. The van der Waals surface area contributed by atoms with Gasteiger partial charge in [0, 0.05) is 18.4 Å². The molecule has 0 fully saturated rings. The molecule has 1 atom stereocenters. The standard InChI is InChI=1S/C14H22N2O3/c1-4-5-8-19-10(2)14(17)16-12-7-6-11(15)9-13(12)18-3/h6-7,9-10H,4-5,8,15H2,1-3H3,(H,16,17). The lowest BCUT2D eigenvalue weighted by atomic mass is 10.2. The molecule has 19 heavy (non-hydrogen) atoms. The summed E-state index contributed by atoms with van der Waals surface area (Å²) in [7, 11) is 1.53. The Balaban J connectivity index is 2.61. The maximum Gasteiger partial charge on any atom is 0.253 e. The number of carbonyl (C=O) groups excluding carboxylic acids is 1. The van der Waals surface area contributed by atoms with Crippen LogP contribution >= 0.6 is 0 Å². The highest BCUT2D eigenvalue weighted by molar-refractivity contribution is 5.95. The molecular weight excluding hydrogens is 244 g/mol. The molecule has 0 aliphatic heterocycles. The summed E-state index contributed by atoms with van der Waals surface area (Å²) in [6.07, 6.45) is 1.50. The molecule has 0 saturated heterocycles. The Labute approximate surface area is 114 Å². The number of nitrogen functional groups attached to an aromatic ring is 1. The molecule has 5 heteroatoms. The van der Waals surface area contributed by atoms with Gasteiger partial charge in [-0.3, -0.25) is 4.79 Å². The average Bonchev–Trinajstić information content (AvgIpc) is 2.40. The highest BCUT2D eigenvalue weighted by atomic mass is 16.5. The number of hydrogen-bond donors (Lipinski definition) is 2. The van der Waals surface area contributed by atoms with Crippen molar-refractivity contribution in [2.45, 2.75) is 32.8 Å². The summed E-state index contributed by atoms with van der Waals surface area (Å²) in [5, 5.41) is 2.77. The molecule has 0 bridgehead atoms. The first kappa shape index (κ1) is 15.3. The Bertz CT molecular complexity index is 421. The van der Waals surface area contributed by atoms with Crippen LogP contribution in [0.5, 0.6) is 5.75 Å². The van der Waals surface area contributed by atoms with Crippen molar-refractivity contribution in [1.82, 2.24) is 0 Å². The molecule has 0 aliphatic rings. The van der Waals surface area contributed by atoms with Crippen molar-refractivity contribution in [2.75, 3.05) is 24.8 Å². The fourth-order valence-electron chi connectivity index (χ4n) is 1.53. The molecule has 106 valence electrons. The van der Waals surface area contributed by atoms with Gasteiger partial charge in [0.1, 0.15) is 11.9 Å². The van der Waals surface area contributed by atoms with Crippen LogP contribution in [-0.2, 0) is 9.53 Å². The fourth-order valence-corrected chi connectivity index (χ4v) is 1.53. The van der Waals surface area contributed by atoms with Crippen LogP contribution in [0.4, 0.5) is 11.4 Å². The fraction of sp³-hybridized carbons (Fsp3) is 0.500. The van der Waals surface area contributed by atoms with Crippen molar-refractivity contribution in [3.05, 3.63) is 18.2 Å². The molecule has 0 saturated carbocycles. The van der Waals surface area contributed by atoms with E-state index in [4.69, 9.17) is 15.2 Å². The van der Waals surface area contributed by atoms with E-state index in [0.717, 1.165) is 12.8 Å². The largest absolute Gasteiger partial charge is 0.494 e. The summed E-state index contributed by atoms with van der Waals surface area (Å²) in [5.41, 5.74) is 6.83. The zero-order chi connectivity index (χ0) is 14.3. The number of benzene rings is 1. The predicted molar refractivity (Wildman–Crippen MR) is 76.4 cm³/mol. The molecule has 1 amide bonds. The highest BCUT2D eigenvalue weighted by Gasteiger charge is 2.15. The zero-order valence-corrected chi connectivity index (χ0v) is 11.7. The second kappa shape index (κ2) is 7.63. The van der Waals surface area contributed by atoms with Gasteiger partial charge in [0.25, 0.3) is 5.91 Å². The maximum absolute atomic E-state index is 11.9. The topological polar surface area (TPSA) is 73.6 Å². The number of rotatable bonds is 7. The quantitative estimate of drug-likeness (QED) is 0.587. The number of hydrogen-bond acceptors (Lipinski definition) is 4. The van der Waals surface area contributed by atoms with Crippen LogP contribution in [0.15, 0.2) is 18.2 Å². The van der Waals surface area contributed by atoms with E-state index in [1.165, 1.54) is 7.11 Å². The van der Waals surface area contributed by atoms with Gasteiger partial charge in [-0.2, -0.15) is 0 Å². The minimum atomic E-state index is -0.492. The summed E-state index contributed by atoms with van der Waals surface area (Å²) >= 11 is 0. The molecule has 1 aromatic carbocycles. The van der Waals surface area contributed by atoms with Crippen LogP contribution in [0.25, 0.3) is 0 Å². The molecular formula is C14H22N2O3. The minimum Gasteiger partial charge on any atom is -0.494 e. The number of nitrogens with two attached hydrogens (primary N) is 1. The van der Waals surface area contributed by atoms with Crippen molar-refractivity contribution in [3.8, 4) is 5.75 Å². The SMILES string of the molecule is CCCCOC(C)C(=O)Nc1ccc(N)cc1OC. The minimum absolute atomic E-state index is 0.195. The number of methoxy groups -OCH3 is 1. The number of nitrogens with one attached hydrogen (secondary N) is 1. The van der Waals surface area contributed by atoms with Gasteiger partial charge < -0.3 is 20.5 Å². The number of carbonyl (C=O) groups is 1. The lowest BCUT2D eigenvalue weighted by Crippen LogP contribution is -2.28. The molecule has 5 nitrogen and oxygen atoms in total. The monoisotopic (exact) mass is 266 g/mol. The summed E-state index contributed by atoms with van der Waals surface area (Å²) in [5.74, 6) is 0.341. The van der Waals surface area contributed by atoms with Crippen LogP contribution < -0.4 is 15.8 Å². The summed E-state index contributed by atoms with van der Waals surface area (Å²) in [6.45, 7) is 4.39. The first-order chi connectivity index (χ1) is 9.08. The van der Waals surface area contributed by atoms with Crippen molar-refractivity contribution < 1.29 is 14.3 Å². The van der Waals surface area contributed by atoms with Crippen LogP contribution in [0, 0.1) is 0 Å². The number of unbranched alkanes of at least 4 members (excludes halogenated alkanes) is 1. The average molecular weight is 266 g/mol. The Kier molecular flexibility index (Phi) is 6.15. The van der Waals surface area contributed by atoms with Crippen molar-refractivity contribution in [1.29, 1.82) is 0 Å². The van der Waals surface area contributed by atoms with Crippen LogP contribution in [-0.4, -0.2) is 25.7 Å². The van der Waals surface area contributed by atoms with Gasteiger partial charge in [0.05, 0.1) is 12.8 Å². The number of amides is 1. The molecule has 1 aromatic rings. The summed E-state index contributed by atoms with van der Waals surface area (Å²) in [6, 6.07) is 5.09. The molecule has 0 radical (unpaired) electrons. The Morgan fingerprint density at radius 2 is 2.21 bits per heavy atom. The summed E-state index contributed by atoms with van der Waals surface area (Å²) in [4.78, 5) is 11.9. The van der Waals surface area contributed by atoms with E-state index in [0.29, 0.717) is 23.7 Å². The van der Waals surface area contributed by atoms with Crippen molar-refractivity contribution in [2.24, 2.45) is 0 Å². The van der Waals surface area contributed by atoms with E-state index in [2.05, 4.69) is 12.2 Å². The van der Waals surface area contributed by atoms with Crippen LogP contribution in [0.3, 0.4) is 0 Å². The second-order valence-electron chi connectivity index (χ2n) is 4.32. The number of anilines is 2. The molecule has 0 heterocycles. The number of ether oxygens (including phenoxy) is 2. The Morgan fingerprint density at radius 1 is 1.47 bits per heavy atom. The maximum atomic E-state index is 11.9. The van der Waals surface area contributed by atoms with E-state index < -0.39 is 6.10 Å². The lowest BCUT2D eigenvalue weighted by molar-refractivity contribution is -0.126. The lowest BCUT2D eigenvalue weighted by Gasteiger charge is -2.15. The van der Waals surface area contributed by atoms with Gasteiger partial charge in [-0.05, 0) is 25.5 Å². The third-order valence-electron chi connectivity index (χ3n) is 2.72. The highest BCUT2D eigenvalue weighted by Crippen LogP contribution is 2.26. The van der Waals surface area contributed by atoms with Gasteiger partial charge >= 0.3 is 0 Å². The van der Waals surface area contributed by atoms with E-state index >= 15 is 0 Å². The molecule has 1 rings (SSSR count). The van der Waals surface area contributed by atoms with E-state index in [1.807, 2.05) is 0 Å². The smallest absolute Gasteiger partial charge is 0.253 e. The van der Waals surface area contributed by atoms with Crippen LogP contribution in [0.2, 0.25) is 0 Å². The van der Waals surface area contributed by atoms with Gasteiger partial charge in [0.15, 0.2) is 0 Å².